The first kappa shape index (κ1) is 19.5. The lowest BCUT2D eigenvalue weighted by Crippen LogP contribution is -2.14. The van der Waals surface area contributed by atoms with Gasteiger partial charge in [-0.05, 0) is 42.5 Å². The highest BCUT2D eigenvalue weighted by molar-refractivity contribution is 9.10. The first-order valence-electron chi connectivity index (χ1n) is 7.51. The van der Waals surface area contributed by atoms with Crippen molar-refractivity contribution in [2.75, 3.05) is 13.2 Å². The van der Waals surface area contributed by atoms with Gasteiger partial charge in [0.2, 0.25) is 0 Å². The van der Waals surface area contributed by atoms with E-state index in [1.165, 1.54) is 0 Å². The summed E-state index contributed by atoms with van der Waals surface area (Å²) in [6, 6.07) is 12.7. The van der Waals surface area contributed by atoms with Crippen molar-refractivity contribution >= 4 is 43.6 Å². The van der Waals surface area contributed by atoms with Gasteiger partial charge >= 0.3 is 5.97 Å². The molecule has 0 saturated heterocycles. The zero-order valence-corrected chi connectivity index (χ0v) is 16.4. The van der Waals surface area contributed by atoms with Crippen LogP contribution in [0, 0.1) is 0 Å². The van der Waals surface area contributed by atoms with Crippen LogP contribution in [-0.4, -0.2) is 30.1 Å². The molecule has 132 valence electrons. The van der Waals surface area contributed by atoms with Gasteiger partial charge in [0, 0.05) is 15.4 Å². The SMILES string of the molecule is O=C(O)CCOc1ccc(Br)cc1.O=C1CCOc2ccc(Br)cc21. The summed E-state index contributed by atoms with van der Waals surface area (Å²) in [6.07, 6.45) is 0.513. The molecule has 1 heterocycles. The van der Waals surface area contributed by atoms with Gasteiger partial charge in [-0.2, -0.15) is 0 Å². The molecule has 2 aromatic carbocycles. The van der Waals surface area contributed by atoms with Crippen LogP contribution in [0.2, 0.25) is 0 Å². The summed E-state index contributed by atoms with van der Waals surface area (Å²) >= 11 is 6.60. The second kappa shape index (κ2) is 9.58. The summed E-state index contributed by atoms with van der Waals surface area (Å²) in [7, 11) is 0. The van der Waals surface area contributed by atoms with Crippen LogP contribution in [0.3, 0.4) is 0 Å². The van der Waals surface area contributed by atoms with Crippen molar-refractivity contribution in [1.29, 1.82) is 0 Å². The molecule has 0 fully saturated rings. The van der Waals surface area contributed by atoms with Crippen molar-refractivity contribution in [2.45, 2.75) is 12.8 Å². The molecule has 0 aromatic heterocycles. The number of aliphatic carboxylic acids is 1. The van der Waals surface area contributed by atoms with Gasteiger partial charge < -0.3 is 14.6 Å². The van der Waals surface area contributed by atoms with E-state index in [0.29, 0.717) is 30.1 Å². The van der Waals surface area contributed by atoms with Crippen LogP contribution >= 0.6 is 31.9 Å². The van der Waals surface area contributed by atoms with E-state index in [4.69, 9.17) is 14.6 Å². The van der Waals surface area contributed by atoms with Crippen molar-refractivity contribution in [3.63, 3.8) is 0 Å². The average molecular weight is 472 g/mol. The topological polar surface area (TPSA) is 72.8 Å². The number of carboxylic acids is 1. The number of ether oxygens (including phenoxy) is 2. The van der Waals surface area contributed by atoms with E-state index >= 15 is 0 Å². The molecule has 7 heteroatoms. The van der Waals surface area contributed by atoms with Crippen molar-refractivity contribution < 1.29 is 24.2 Å². The molecule has 1 N–H and O–H groups in total. The predicted octanol–water partition coefficient (Wildman–Crippen LogP) is 4.72. The molecule has 25 heavy (non-hydrogen) atoms. The minimum atomic E-state index is -0.850. The summed E-state index contributed by atoms with van der Waals surface area (Å²) in [5, 5.41) is 8.35. The van der Waals surface area contributed by atoms with E-state index in [1.807, 2.05) is 24.3 Å². The molecule has 0 aliphatic carbocycles. The van der Waals surface area contributed by atoms with Crippen LogP contribution < -0.4 is 9.47 Å². The van der Waals surface area contributed by atoms with E-state index in [2.05, 4.69) is 31.9 Å². The number of fused-ring (bicyclic) bond motifs is 1. The smallest absolute Gasteiger partial charge is 0.306 e. The molecule has 2 aromatic rings. The van der Waals surface area contributed by atoms with Gasteiger partial charge in [-0.25, -0.2) is 0 Å². The normalized spacial score (nSPS) is 12.3. The number of ketones is 1. The Balaban J connectivity index is 0.000000181. The number of carboxylic acid groups (broad SMARTS) is 1. The van der Waals surface area contributed by atoms with Crippen LogP contribution in [0.25, 0.3) is 0 Å². The van der Waals surface area contributed by atoms with Crippen molar-refractivity contribution in [1.82, 2.24) is 0 Å². The Kier molecular flexibility index (Phi) is 7.46. The molecule has 0 saturated carbocycles. The highest BCUT2D eigenvalue weighted by Gasteiger charge is 2.17. The van der Waals surface area contributed by atoms with Gasteiger partial charge in [0.15, 0.2) is 5.78 Å². The van der Waals surface area contributed by atoms with E-state index in [-0.39, 0.29) is 18.8 Å². The first-order chi connectivity index (χ1) is 12.0. The Morgan fingerprint density at radius 3 is 2.48 bits per heavy atom. The lowest BCUT2D eigenvalue weighted by Gasteiger charge is -2.15. The first-order valence-corrected chi connectivity index (χ1v) is 9.10. The molecule has 1 aliphatic heterocycles. The van der Waals surface area contributed by atoms with Crippen LogP contribution in [0.4, 0.5) is 0 Å². The van der Waals surface area contributed by atoms with Crippen molar-refractivity contribution in [2.24, 2.45) is 0 Å². The number of hydrogen-bond acceptors (Lipinski definition) is 4. The highest BCUT2D eigenvalue weighted by Crippen LogP contribution is 2.27. The molecule has 3 rings (SSSR count). The molecule has 0 spiro atoms. The van der Waals surface area contributed by atoms with Gasteiger partial charge in [-0.3, -0.25) is 9.59 Å². The Hall–Kier alpha value is -1.86. The van der Waals surface area contributed by atoms with Gasteiger partial charge in [0.1, 0.15) is 11.5 Å². The monoisotopic (exact) mass is 470 g/mol. The minimum absolute atomic E-state index is 0.0239. The summed E-state index contributed by atoms with van der Waals surface area (Å²) < 4.78 is 12.4. The third-order valence-electron chi connectivity index (χ3n) is 3.23. The number of carbonyl (C=O) groups is 2. The second-order valence-corrected chi connectivity index (χ2v) is 6.94. The maximum atomic E-state index is 11.3. The van der Waals surface area contributed by atoms with Crippen LogP contribution in [0.1, 0.15) is 23.2 Å². The maximum absolute atomic E-state index is 11.3. The molecule has 0 bridgehead atoms. The largest absolute Gasteiger partial charge is 0.493 e. The maximum Gasteiger partial charge on any atom is 0.306 e. The van der Waals surface area contributed by atoms with Crippen LogP contribution in [0.15, 0.2) is 51.4 Å². The fraction of sp³-hybridized carbons (Fsp3) is 0.222. The Morgan fingerprint density at radius 1 is 1.12 bits per heavy atom. The quantitative estimate of drug-likeness (QED) is 0.698. The Labute approximate surface area is 162 Å². The van der Waals surface area contributed by atoms with Crippen molar-refractivity contribution in [3.05, 3.63) is 57.0 Å². The molecular weight excluding hydrogens is 456 g/mol. The minimum Gasteiger partial charge on any atom is -0.493 e. The number of carbonyl (C=O) groups excluding carboxylic acids is 1. The molecular formula is C18H16Br2O5. The molecule has 1 aliphatic rings. The fourth-order valence-electron chi connectivity index (χ4n) is 2.02. The summed E-state index contributed by atoms with van der Waals surface area (Å²) in [5.74, 6) is 0.702. The molecule has 0 atom stereocenters. The number of Topliss-reactive ketones (excluding diaryl/α,β-unsaturated/α-hetero) is 1. The van der Waals surface area contributed by atoms with Crippen LogP contribution in [0.5, 0.6) is 11.5 Å². The zero-order valence-electron chi connectivity index (χ0n) is 13.2. The summed E-state index contributed by atoms with van der Waals surface area (Å²) in [5.41, 5.74) is 0.690. The zero-order chi connectivity index (χ0) is 18.2. The van der Waals surface area contributed by atoms with E-state index < -0.39 is 5.97 Å². The third kappa shape index (κ3) is 6.51. The lowest BCUT2D eigenvalue weighted by molar-refractivity contribution is -0.137. The molecule has 0 unspecified atom stereocenters. The van der Waals surface area contributed by atoms with Crippen molar-refractivity contribution in [3.8, 4) is 11.5 Å². The molecule has 0 radical (unpaired) electrons. The summed E-state index contributed by atoms with van der Waals surface area (Å²) in [4.78, 5) is 21.5. The van der Waals surface area contributed by atoms with E-state index in [9.17, 15) is 9.59 Å². The average Bonchev–Trinajstić information content (AvgIpc) is 2.58. The third-order valence-corrected chi connectivity index (χ3v) is 4.25. The number of halogens is 2. The molecule has 0 amide bonds. The highest BCUT2D eigenvalue weighted by atomic mass is 79.9. The van der Waals surface area contributed by atoms with E-state index in [1.54, 1.807) is 18.2 Å². The van der Waals surface area contributed by atoms with Gasteiger partial charge in [0.25, 0.3) is 0 Å². The van der Waals surface area contributed by atoms with Gasteiger partial charge in [-0.1, -0.05) is 31.9 Å². The lowest BCUT2D eigenvalue weighted by atomic mass is 10.1. The van der Waals surface area contributed by atoms with E-state index in [0.717, 1.165) is 8.95 Å². The summed E-state index contributed by atoms with van der Waals surface area (Å²) in [6.45, 7) is 0.713. The molecule has 5 nitrogen and oxygen atoms in total. The second-order valence-electron chi connectivity index (χ2n) is 5.11. The van der Waals surface area contributed by atoms with Gasteiger partial charge in [-0.15, -0.1) is 0 Å². The Morgan fingerprint density at radius 2 is 1.80 bits per heavy atom. The number of hydrogen-bond donors (Lipinski definition) is 1. The fourth-order valence-corrected chi connectivity index (χ4v) is 2.65. The standard InChI is InChI=1S/C9H9BrO3.C9H7BrO2/c10-7-1-3-8(4-2-7)13-6-5-9(11)12;10-6-1-2-9-7(5-6)8(11)3-4-12-9/h1-4H,5-6H2,(H,11,12);1-2,5H,3-4H2. The number of rotatable bonds is 4. The Bertz CT molecular complexity index is 744. The van der Waals surface area contributed by atoms with Crippen LogP contribution in [-0.2, 0) is 4.79 Å². The number of benzene rings is 2. The van der Waals surface area contributed by atoms with Gasteiger partial charge in [0.05, 0.1) is 25.2 Å². The predicted molar refractivity (Wildman–Crippen MR) is 100 cm³/mol.